The van der Waals surface area contributed by atoms with Gasteiger partial charge in [0.2, 0.25) is 5.91 Å². The standard InChI is InChI=1S/C18H21ClN4O/c19-15-4-1-5-16(11-15)22-18(24)6-9-23-10-8-21-13-17(23)14-3-2-7-20-12-14/h1-5,7,11-12,17,21H,6,8-10,13H2,(H,22,24). The first-order chi connectivity index (χ1) is 11.7. The van der Waals surface area contributed by atoms with Crippen LogP contribution in [-0.2, 0) is 4.79 Å². The predicted octanol–water partition coefficient (Wildman–Crippen LogP) is 2.71. The fraction of sp³-hybridized carbons (Fsp3) is 0.333. The first-order valence-electron chi connectivity index (χ1n) is 8.12. The minimum Gasteiger partial charge on any atom is -0.326 e. The molecule has 0 saturated carbocycles. The van der Waals surface area contributed by atoms with Crippen molar-refractivity contribution in [2.45, 2.75) is 12.5 Å². The lowest BCUT2D eigenvalue weighted by atomic mass is 10.1. The van der Waals surface area contributed by atoms with Crippen LogP contribution in [0.15, 0.2) is 48.8 Å². The van der Waals surface area contributed by atoms with E-state index in [1.165, 1.54) is 5.56 Å². The third kappa shape index (κ3) is 4.54. The molecule has 1 amide bonds. The molecule has 3 rings (SSSR count). The van der Waals surface area contributed by atoms with Crippen LogP contribution in [-0.4, -0.2) is 42.0 Å². The number of hydrogen-bond acceptors (Lipinski definition) is 4. The number of nitrogens with one attached hydrogen (secondary N) is 2. The largest absolute Gasteiger partial charge is 0.326 e. The van der Waals surface area contributed by atoms with Crippen LogP contribution in [0.5, 0.6) is 0 Å². The van der Waals surface area contributed by atoms with E-state index in [0.29, 0.717) is 18.0 Å². The molecule has 1 aliphatic rings. The number of pyridine rings is 1. The third-order valence-corrected chi connectivity index (χ3v) is 4.39. The van der Waals surface area contributed by atoms with E-state index in [2.05, 4.69) is 26.6 Å². The summed E-state index contributed by atoms with van der Waals surface area (Å²) in [6, 6.07) is 11.5. The topological polar surface area (TPSA) is 57.3 Å². The smallest absolute Gasteiger partial charge is 0.225 e. The zero-order valence-corrected chi connectivity index (χ0v) is 14.2. The monoisotopic (exact) mass is 344 g/mol. The molecule has 2 aromatic rings. The maximum Gasteiger partial charge on any atom is 0.225 e. The molecule has 2 heterocycles. The SMILES string of the molecule is O=C(CCN1CCNCC1c1cccnc1)Nc1cccc(Cl)c1. The molecule has 6 heteroatoms. The lowest BCUT2D eigenvalue weighted by molar-refractivity contribution is -0.116. The molecular formula is C18H21ClN4O. The van der Waals surface area contributed by atoms with E-state index < -0.39 is 0 Å². The summed E-state index contributed by atoms with van der Waals surface area (Å²) in [5, 5.41) is 6.93. The van der Waals surface area contributed by atoms with Gasteiger partial charge in [0, 0.05) is 61.7 Å². The molecule has 1 atom stereocenters. The Balaban J connectivity index is 1.57. The molecular weight excluding hydrogens is 324 g/mol. The van der Waals surface area contributed by atoms with E-state index in [1.807, 2.05) is 24.4 Å². The van der Waals surface area contributed by atoms with Gasteiger partial charge in [0.05, 0.1) is 0 Å². The van der Waals surface area contributed by atoms with Crippen molar-refractivity contribution in [2.75, 3.05) is 31.5 Å². The normalized spacial score (nSPS) is 18.3. The van der Waals surface area contributed by atoms with E-state index in [1.54, 1.807) is 18.3 Å². The molecule has 126 valence electrons. The highest BCUT2D eigenvalue weighted by Gasteiger charge is 2.24. The molecule has 1 unspecified atom stereocenters. The summed E-state index contributed by atoms with van der Waals surface area (Å²) in [6.07, 6.45) is 4.13. The van der Waals surface area contributed by atoms with Gasteiger partial charge >= 0.3 is 0 Å². The van der Waals surface area contributed by atoms with Crippen molar-refractivity contribution in [3.05, 3.63) is 59.4 Å². The Labute approximate surface area is 147 Å². The maximum atomic E-state index is 12.2. The van der Waals surface area contributed by atoms with E-state index in [9.17, 15) is 4.79 Å². The highest BCUT2D eigenvalue weighted by Crippen LogP contribution is 2.21. The van der Waals surface area contributed by atoms with Gasteiger partial charge in [-0.25, -0.2) is 0 Å². The number of piperazine rings is 1. The minimum atomic E-state index is 0.000681. The van der Waals surface area contributed by atoms with Gasteiger partial charge in [0.1, 0.15) is 0 Å². The third-order valence-electron chi connectivity index (χ3n) is 4.16. The summed E-state index contributed by atoms with van der Waals surface area (Å²) in [7, 11) is 0. The number of carbonyl (C=O) groups is 1. The lowest BCUT2D eigenvalue weighted by Crippen LogP contribution is -2.46. The molecule has 2 N–H and O–H groups in total. The molecule has 1 aromatic heterocycles. The number of halogens is 1. The fourth-order valence-corrected chi connectivity index (χ4v) is 3.14. The van der Waals surface area contributed by atoms with Crippen LogP contribution < -0.4 is 10.6 Å². The molecule has 1 saturated heterocycles. The first kappa shape index (κ1) is 16.9. The van der Waals surface area contributed by atoms with Crippen molar-refractivity contribution in [3.63, 3.8) is 0 Å². The number of aromatic nitrogens is 1. The zero-order chi connectivity index (χ0) is 16.8. The predicted molar refractivity (Wildman–Crippen MR) is 96.1 cm³/mol. The van der Waals surface area contributed by atoms with Gasteiger partial charge in [-0.05, 0) is 29.8 Å². The summed E-state index contributed by atoms with van der Waals surface area (Å²) in [5.41, 5.74) is 1.91. The summed E-state index contributed by atoms with van der Waals surface area (Å²) in [4.78, 5) is 18.7. The Morgan fingerprint density at radius 2 is 2.29 bits per heavy atom. The molecule has 5 nitrogen and oxygen atoms in total. The van der Waals surface area contributed by atoms with E-state index in [-0.39, 0.29) is 11.9 Å². The Morgan fingerprint density at radius 3 is 3.08 bits per heavy atom. The van der Waals surface area contributed by atoms with Gasteiger partial charge < -0.3 is 10.6 Å². The van der Waals surface area contributed by atoms with Crippen LogP contribution in [0, 0.1) is 0 Å². The van der Waals surface area contributed by atoms with Crippen LogP contribution in [0.4, 0.5) is 5.69 Å². The van der Waals surface area contributed by atoms with Crippen molar-refractivity contribution < 1.29 is 4.79 Å². The average molecular weight is 345 g/mol. The molecule has 1 fully saturated rings. The Hall–Kier alpha value is -1.95. The van der Waals surface area contributed by atoms with Crippen molar-refractivity contribution in [1.82, 2.24) is 15.2 Å². The average Bonchev–Trinajstić information content (AvgIpc) is 2.61. The summed E-state index contributed by atoms with van der Waals surface area (Å²) < 4.78 is 0. The van der Waals surface area contributed by atoms with E-state index >= 15 is 0 Å². The molecule has 0 radical (unpaired) electrons. The molecule has 0 bridgehead atoms. The quantitative estimate of drug-likeness (QED) is 0.875. The van der Waals surface area contributed by atoms with Crippen molar-refractivity contribution in [3.8, 4) is 0 Å². The molecule has 0 aliphatic carbocycles. The fourth-order valence-electron chi connectivity index (χ4n) is 2.95. The summed E-state index contributed by atoms with van der Waals surface area (Å²) >= 11 is 5.94. The first-order valence-corrected chi connectivity index (χ1v) is 8.50. The zero-order valence-electron chi connectivity index (χ0n) is 13.4. The van der Waals surface area contributed by atoms with Gasteiger partial charge in [-0.2, -0.15) is 0 Å². The number of nitrogens with zero attached hydrogens (tertiary/aromatic N) is 2. The highest BCUT2D eigenvalue weighted by atomic mass is 35.5. The highest BCUT2D eigenvalue weighted by molar-refractivity contribution is 6.30. The van der Waals surface area contributed by atoms with Crippen LogP contribution in [0.3, 0.4) is 0 Å². The number of carbonyl (C=O) groups excluding carboxylic acids is 1. The summed E-state index contributed by atoms with van der Waals surface area (Å²) in [5.74, 6) is 0.000681. The lowest BCUT2D eigenvalue weighted by Gasteiger charge is -2.36. The molecule has 1 aromatic carbocycles. The number of benzene rings is 1. The van der Waals surface area contributed by atoms with Gasteiger partial charge in [-0.15, -0.1) is 0 Å². The Morgan fingerprint density at radius 1 is 1.38 bits per heavy atom. The molecule has 1 aliphatic heterocycles. The van der Waals surface area contributed by atoms with Crippen LogP contribution in [0.25, 0.3) is 0 Å². The van der Waals surface area contributed by atoms with Crippen molar-refractivity contribution >= 4 is 23.2 Å². The number of hydrogen-bond donors (Lipinski definition) is 2. The minimum absolute atomic E-state index is 0.000681. The van der Waals surface area contributed by atoms with Crippen molar-refractivity contribution in [2.24, 2.45) is 0 Å². The maximum absolute atomic E-state index is 12.2. The second-order valence-corrected chi connectivity index (χ2v) is 6.29. The van der Waals surface area contributed by atoms with Gasteiger partial charge in [-0.1, -0.05) is 23.7 Å². The number of anilines is 1. The molecule has 0 spiro atoms. The second-order valence-electron chi connectivity index (χ2n) is 5.85. The van der Waals surface area contributed by atoms with E-state index in [0.717, 1.165) is 25.3 Å². The number of amides is 1. The Kier molecular flexibility index (Phi) is 5.80. The van der Waals surface area contributed by atoms with Crippen LogP contribution >= 0.6 is 11.6 Å². The van der Waals surface area contributed by atoms with Crippen LogP contribution in [0.2, 0.25) is 5.02 Å². The molecule has 24 heavy (non-hydrogen) atoms. The van der Waals surface area contributed by atoms with E-state index in [4.69, 9.17) is 11.6 Å². The summed E-state index contributed by atoms with van der Waals surface area (Å²) in [6.45, 7) is 3.45. The van der Waals surface area contributed by atoms with Gasteiger partial charge in [-0.3, -0.25) is 14.7 Å². The second kappa shape index (κ2) is 8.24. The Bertz CT molecular complexity index is 680. The van der Waals surface area contributed by atoms with Gasteiger partial charge in [0.25, 0.3) is 0 Å². The van der Waals surface area contributed by atoms with Gasteiger partial charge in [0.15, 0.2) is 0 Å². The number of rotatable bonds is 5. The van der Waals surface area contributed by atoms with Crippen molar-refractivity contribution in [1.29, 1.82) is 0 Å². The van der Waals surface area contributed by atoms with Crippen LogP contribution in [0.1, 0.15) is 18.0 Å².